The summed E-state index contributed by atoms with van der Waals surface area (Å²) in [6, 6.07) is 47.1. The fourth-order valence-electron chi connectivity index (χ4n) is 6.90. The van der Waals surface area contributed by atoms with Crippen molar-refractivity contribution in [3.05, 3.63) is 210 Å². The molecule has 2 heteroatoms. The Kier molecular flexibility index (Phi) is 11.6. The molecule has 250 valence electrons. The molecule has 0 amide bonds. The van der Waals surface area contributed by atoms with Crippen LogP contribution in [0.25, 0.3) is 27.6 Å². The first-order valence-corrected chi connectivity index (χ1v) is 17.9. The Morgan fingerprint density at radius 1 is 0.780 bits per heavy atom. The van der Waals surface area contributed by atoms with Crippen LogP contribution in [-0.2, 0) is 0 Å². The lowest BCUT2D eigenvalue weighted by atomic mass is 9.84. The summed E-state index contributed by atoms with van der Waals surface area (Å²) in [5.74, 6) is 0.250. The Morgan fingerprint density at radius 2 is 1.42 bits per heavy atom. The lowest BCUT2D eigenvalue weighted by Crippen LogP contribution is -2.36. The van der Waals surface area contributed by atoms with Crippen LogP contribution >= 0.6 is 0 Å². The first-order valence-electron chi connectivity index (χ1n) is 17.9. The summed E-state index contributed by atoms with van der Waals surface area (Å²) in [5, 5.41) is 6.37. The molecule has 3 atom stereocenters. The standard InChI is InChI=1S/C48H48N2/c1-4-17-42(33-46(39-21-11-7-12-22-39)45(5-2)44-31-28-37-20-15-16-25-43(37)32-44)38-26-29-41(30-27-38)48(34-47(49)40-23-13-8-14-24-40)50-35(3)36-18-9-6-10-19-36/h5-16,18-29,31-35,41,48,50H,2,4,17,30,49H2,1,3H3/b42-33+,46-45-,47-34-. The van der Waals surface area contributed by atoms with E-state index < -0.39 is 0 Å². The third kappa shape index (κ3) is 8.40. The Balaban J connectivity index is 1.35. The van der Waals surface area contributed by atoms with Crippen molar-refractivity contribution < 1.29 is 0 Å². The first kappa shape index (κ1) is 34.4. The summed E-state index contributed by atoms with van der Waals surface area (Å²) in [7, 11) is 0. The lowest BCUT2D eigenvalue weighted by Gasteiger charge is -2.29. The van der Waals surface area contributed by atoms with Gasteiger partial charge in [-0.3, -0.25) is 0 Å². The molecule has 0 spiro atoms. The second-order valence-electron chi connectivity index (χ2n) is 13.1. The highest BCUT2D eigenvalue weighted by atomic mass is 14.9. The van der Waals surface area contributed by atoms with Gasteiger partial charge in [-0.2, -0.15) is 0 Å². The largest absolute Gasteiger partial charge is 0.398 e. The summed E-state index contributed by atoms with van der Waals surface area (Å²) in [6.45, 7) is 8.80. The van der Waals surface area contributed by atoms with Crippen LogP contribution in [0.15, 0.2) is 188 Å². The van der Waals surface area contributed by atoms with Crippen molar-refractivity contribution in [3.8, 4) is 0 Å². The molecule has 5 aromatic carbocycles. The summed E-state index contributed by atoms with van der Waals surface area (Å²) in [5.41, 5.74) is 17.1. The van der Waals surface area contributed by atoms with E-state index in [0.29, 0.717) is 0 Å². The van der Waals surface area contributed by atoms with Crippen LogP contribution in [0, 0.1) is 5.92 Å². The molecule has 1 aliphatic carbocycles. The second kappa shape index (κ2) is 16.8. The molecular weight excluding hydrogens is 605 g/mol. The molecule has 6 rings (SSSR count). The number of benzene rings is 5. The van der Waals surface area contributed by atoms with Crippen molar-refractivity contribution in [2.75, 3.05) is 0 Å². The molecule has 3 unspecified atom stereocenters. The van der Waals surface area contributed by atoms with Crippen LogP contribution < -0.4 is 11.1 Å². The highest BCUT2D eigenvalue weighted by Crippen LogP contribution is 2.35. The van der Waals surface area contributed by atoms with Crippen LogP contribution in [0.5, 0.6) is 0 Å². The number of hydrogen-bond donors (Lipinski definition) is 2. The minimum Gasteiger partial charge on any atom is -0.398 e. The van der Waals surface area contributed by atoms with E-state index in [1.54, 1.807) is 0 Å². The summed E-state index contributed by atoms with van der Waals surface area (Å²) in [6.07, 6.45) is 16.7. The molecule has 50 heavy (non-hydrogen) atoms. The van der Waals surface area contributed by atoms with E-state index in [4.69, 9.17) is 5.73 Å². The van der Waals surface area contributed by atoms with E-state index in [2.05, 4.69) is 171 Å². The third-order valence-corrected chi connectivity index (χ3v) is 9.65. The highest BCUT2D eigenvalue weighted by Gasteiger charge is 2.23. The van der Waals surface area contributed by atoms with Gasteiger partial charge in [-0.05, 0) is 99.2 Å². The Bertz CT molecular complexity index is 2050. The number of allylic oxidation sites excluding steroid dienone is 8. The minimum atomic E-state index is 0.0538. The van der Waals surface area contributed by atoms with Gasteiger partial charge in [-0.1, -0.05) is 172 Å². The molecule has 0 saturated heterocycles. The maximum atomic E-state index is 6.72. The first-order chi connectivity index (χ1) is 24.5. The minimum absolute atomic E-state index is 0.0538. The lowest BCUT2D eigenvalue weighted by molar-refractivity contribution is 0.427. The van der Waals surface area contributed by atoms with Crippen molar-refractivity contribution in [1.82, 2.24) is 5.32 Å². The molecule has 0 aromatic heterocycles. The van der Waals surface area contributed by atoms with Gasteiger partial charge in [0.1, 0.15) is 0 Å². The number of fused-ring (bicyclic) bond motifs is 1. The molecule has 0 heterocycles. The number of nitrogens with two attached hydrogens (primary N) is 1. The van der Waals surface area contributed by atoms with Gasteiger partial charge in [-0.15, -0.1) is 0 Å². The number of hydrogen-bond acceptors (Lipinski definition) is 2. The average Bonchev–Trinajstić information content (AvgIpc) is 3.18. The van der Waals surface area contributed by atoms with E-state index in [0.717, 1.165) is 36.1 Å². The van der Waals surface area contributed by atoms with Crippen molar-refractivity contribution >= 4 is 27.6 Å². The topological polar surface area (TPSA) is 38.0 Å². The number of rotatable bonds is 13. The van der Waals surface area contributed by atoms with E-state index in [1.807, 2.05) is 24.3 Å². The van der Waals surface area contributed by atoms with Gasteiger partial charge in [0.15, 0.2) is 0 Å². The predicted molar refractivity (Wildman–Crippen MR) is 216 cm³/mol. The fraction of sp³-hybridized carbons (Fsp3) is 0.167. The fourth-order valence-corrected chi connectivity index (χ4v) is 6.90. The molecule has 0 bridgehead atoms. The SMILES string of the molecule is C=C/C(=C(\C=C(/CCC)C1=CCC(C(/C=C(\N)c2ccccc2)NC(C)c2ccccc2)C=C1)c1ccccc1)c1ccc2ccccc2c1. The molecule has 0 saturated carbocycles. The summed E-state index contributed by atoms with van der Waals surface area (Å²) >= 11 is 0. The van der Waals surface area contributed by atoms with Gasteiger partial charge in [0.2, 0.25) is 0 Å². The normalized spacial score (nSPS) is 16.8. The molecule has 0 fully saturated rings. The van der Waals surface area contributed by atoms with Gasteiger partial charge >= 0.3 is 0 Å². The quantitative estimate of drug-likeness (QED) is 0.0981. The number of nitrogens with one attached hydrogen (secondary N) is 1. The van der Waals surface area contributed by atoms with Gasteiger partial charge in [0.25, 0.3) is 0 Å². The second-order valence-corrected chi connectivity index (χ2v) is 13.1. The molecule has 0 radical (unpaired) electrons. The van der Waals surface area contributed by atoms with E-state index in [9.17, 15) is 0 Å². The monoisotopic (exact) mass is 652 g/mol. The maximum absolute atomic E-state index is 6.72. The smallest absolute Gasteiger partial charge is 0.0362 e. The van der Waals surface area contributed by atoms with Crippen molar-refractivity contribution in [2.24, 2.45) is 11.7 Å². The van der Waals surface area contributed by atoms with Gasteiger partial charge in [0, 0.05) is 17.8 Å². The van der Waals surface area contributed by atoms with Crippen LogP contribution in [0.1, 0.15) is 61.4 Å². The Labute approximate surface area is 298 Å². The average molecular weight is 653 g/mol. The van der Waals surface area contributed by atoms with Crippen molar-refractivity contribution in [2.45, 2.75) is 45.2 Å². The van der Waals surface area contributed by atoms with Crippen LogP contribution in [0.3, 0.4) is 0 Å². The van der Waals surface area contributed by atoms with Crippen LogP contribution in [-0.4, -0.2) is 6.04 Å². The van der Waals surface area contributed by atoms with Gasteiger partial charge in [-0.25, -0.2) is 0 Å². The molecule has 5 aromatic rings. The van der Waals surface area contributed by atoms with E-state index >= 15 is 0 Å². The Morgan fingerprint density at radius 3 is 2.06 bits per heavy atom. The molecular formula is C48H48N2. The van der Waals surface area contributed by atoms with E-state index in [-0.39, 0.29) is 18.0 Å². The van der Waals surface area contributed by atoms with Crippen LogP contribution in [0.2, 0.25) is 0 Å². The van der Waals surface area contributed by atoms with Crippen LogP contribution in [0.4, 0.5) is 0 Å². The van der Waals surface area contributed by atoms with Gasteiger partial charge in [0.05, 0.1) is 0 Å². The highest BCUT2D eigenvalue weighted by molar-refractivity contribution is 6.01. The van der Waals surface area contributed by atoms with Gasteiger partial charge < -0.3 is 11.1 Å². The molecule has 0 aliphatic heterocycles. The Hall–Kier alpha value is -5.44. The molecule has 3 N–H and O–H groups in total. The molecule has 2 nitrogen and oxygen atoms in total. The summed E-state index contributed by atoms with van der Waals surface area (Å²) < 4.78 is 0. The zero-order chi connectivity index (χ0) is 34.7. The maximum Gasteiger partial charge on any atom is 0.0362 e. The van der Waals surface area contributed by atoms with Crippen molar-refractivity contribution in [3.63, 3.8) is 0 Å². The van der Waals surface area contributed by atoms with E-state index in [1.165, 1.54) is 44.2 Å². The third-order valence-electron chi connectivity index (χ3n) is 9.65. The predicted octanol–water partition coefficient (Wildman–Crippen LogP) is 11.9. The zero-order valence-corrected chi connectivity index (χ0v) is 29.3. The zero-order valence-electron chi connectivity index (χ0n) is 29.3. The molecule has 1 aliphatic rings. The van der Waals surface area contributed by atoms with Crippen molar-refractivity contribution in [1.29, 1.82) is 0 Å². The summed E-state index contributed by atoms with van der Waals surface area (Å²) in [4.78, 5) is 0.